The third-order valence-electron chi connectivity index (χ3n) is 4.62. The number of hydrogen-bond donors (Lipinski definition) is 4. The van der Waals surface area contributed by atoms with Crippen LogP contribution in [0.2, 0.25) is 0 Å². The smallest absolute Gasteiger partial charge is 0.226 e. The lowest BCUT2D eigenvalue weighted by atomic mass is 9.67. The molecule has 0 fully saturated rings. The fraction of sp³-hybridized carbons (Fsp3) is 0.375. The highest BCUT2D eigenvalue weighted by atomic mass is 16.5. The van der Waals surface area contributed by atoms with E-state index in [-0.39, 0.29) is 23.1 Å². The van der Waals surface area contributed by atoms with Gasteiger partial charge in [-0.2, -0.15) is 0 Å². The first-order valence-electron chi connectivity index (χ1n) is 6.99. The van der Waals surface area contributed by atoms with Gasteiger partial charge in [0, 0.05) is 23.1 Å². The number of ketones is 2. The van der Waals surface area contributed by atoms with Crippen LogP contribution in [0.1, 0.15) is 34.1 Å². The van der Waals surface area contributed by atoms with Gasteiger partial charge in [-0.25, -0.2) is 0 Å². The highest BCUT2D eigenvalue weighted by Crippen LogP contribution is 2.45. The molecular formula is C16H16O7. The van der Waals surface area contributed by atoms with E-state index in [1.165, 1.54) is 25.3 Å². The SMILES string of the molecule is COc1ccc2c(c1)C(=O)C1=C(CC(O)C(C)(O)C1(O)O)C2=O. The van der Waals surface area contributed by atoms with Gasteiger partial charge in [0.15, 0.2) is 11.6 Å². The second kappa shape index (κ2) is 4.72. The summed E-state index contributed by atoms with van der Waals surface area (Å²) in [7, 11) is 1.39. The van der Waals surface area contributed by atoms with Crippen molar-refractivity contribution in [2.75, 3.05) is 7.11 Å². The summed E-state index contributed by atoms with van der Waals surface area (Å²) in [6.07, 6.45) is -1.95. The Morgan fingerprint density at radius 1 is 1.13 bits per heavy atom. The highest BCUT2D eigenvalue weighted by molar-refractivity contribution is 6.28. The Labute approximate surface area is 131 Å². The molecular weight excluding hydrogens is 304 g/mol. The number of carbonyl (C=O) groups excluding carboxylic acids is 2. The number of aliphatic hydroxyl groups is 4. The van der Waals surface area contributed by atoms with E-state index >= 15 is 0 Å². The third-order valence-corrected chi connectivity index (χ3v) is 4.62. The van der Waals surface area contributed by atoms with Gasteiger partial charge in [0.25, 0.3) is 0 Å². The second-order valence-corrected chi connectivity index (χ2v) is 5.96. The van der Waals surface area contributed by atoms with Crippen LogP contribution in [0.4, 0.5) is 0 Å². The molecule has 0 amide bonds. The molecule has 0 heterocycles. The van der Waals surface area contributed by atoms with Crippen molar-refractivity contribution in [3.63, 3.8) is 0 Å². The van der Waals surface area contributed by atoms with E-state index in [0.29, 0.717) is 5.75 Å². The number of hydrogen-bond acceptors (Lipinski definition) is 7. The molecule has 23 heavy (non-hydrogen) atoms. The van der Waals surface area contributed by atoms with Crippen molar-refractivity contribution in [1.82, 2.24) is 0 Å². The standard InChI is InChI=1S/C16H16O7/c1-15(20)11(17)6-10-12(16(15,21)22)14(19)9-5-7(23-2)3-4-8(9)13(10)18/h3-5,11,17,20-22H,6H2,1-2H3. The van der Waals surface area contributed by atoms with Crippen LogP contribution in [-0.4, -0.2) is 56.6 Å². The summed E-state index contributed by atoms with van der Waals surface area (Å²) in [5.41, 5.74) is -3.12. The van der Waals surface area contributed by atoms with E-state index in [4.69, 9.17) is 4.74 Å². The monoisotopic (exact) mass is 320 g/mol. The highest BCUT2D eigenvalue weighted by Gasteiger charge is 2.60. The number of methoxy groups -OCH3 is 1. The maximum absolute atomic E-state index is 12.7. The van der Waals surface area contributed by atoms with Crippen molar-refractivity contribution >= 4 is 11.6 Å². The van der Waals surface area contributed by atoms with Crippen molar-refractivity contribution in [3.8, 4) is 5.75 Å². The fourth-order valence-corrected chi connectivity index (χ4v) is 3.02. The zero-order chi connectivity index (χ0) is 17.2. The van der Waals surface area contributed by atoms with Gasteiger partial charge in [-0.3, -0.25) is 9.59 Å². The summed E-state index contributed by atoms with van der Waals surface area (Å²) in [6.45, 7) is 1.00. The predicted molar refractivity (Wildman–Crippen MR) is 77.1 cm³/mol. The van der Waals surface area contributed by atoms with Gasteiger partial charge in [-0.15, -0.1) is 0 Å². The van der Waals surface area contributed by atoms with Gasteiger partial charge in [0.1, 0.15) is 11.4 Å². The average Bonchev–Trinajstić information content (AvgIpc) is 2.50. The molecule has 1 aromatic rings. The Morgan fingerprint density at radius 3 is 2.39 bits per heavy atom. The summed E-state index contributed by atoms with van der Waals surface area (Å²) < 4.78 is 5.02. The maximum Gasteiger partial charge on any atom is 0.226 e. The first-order valence-corrected chi connectivity index (χ1v) is 6.99. The summed E-state index contributed by atoms with van der Waals surface area (Å²) in [5, 5.41) is 40.7. The molecule has 0 saturated heterocycles. The molecule has 0 bridgehead atoms. The molecule has 1 aromatic carbocycles. The summed E-state index contributed by atoms with van der Waals surface area (Å²) in [5.74, 6) is -4.09. The lowest BCUT2D eigenvalue weighted by molar-refractivity contribution is -0.276. The van der Waals surface area contributed by atoms with E-state index < -0.39 is 34.6 Å². The Bertz CT molecular complexity index is 758. The molecule has 2 aliphatic carbocycles. The molecule has 0 aliphatic heterocycles. The van der Waals surface area contributed by atoms with E-state index in [1.807, 2.05) is 0 Å². The first-order chi connectivity index (χ1) is 10.6. The fourth-order valence-electron chi connectivity index (χ4n) is 3.02. The second-order valence-electron chi connectivity index (χ2n) is 5.96. The molecule has 0 aromatic heterocycles. The summed E-state index contributed by atoms with van der Waals surface area (Å²) in [4.78, 5) is 25.3. The Morgan fingerprint density at radius 2 is 1.78 bits per heavy atom. The van der Waals surface area contributed by atoms with Crippen LogP contribution >= 0.6 is 0 Å². The van der Waals surface area contributed by atoms with Crippen LogP contribution < -0.4 is 4.74 Å². The van der Waals surface area contributed by atoms with Gasteiger partial charge in [-0.05, 0) is 25.1 Å². The van der Waals surface area contributed by atoms with Crippen LogP contribution in [-0.2, 0) is 0 Å². The molecule has 4 N–H and O–H groups in total. The third kappa shape index (κ3) is 1.91. The maximum atomic E-state index is 12.7. The molecule has 2 atom stereocenters. The van der Waals surface area contributed by atoms with Gasteiger partial charge >= 0.3 is 0 Å². The van der Waals surface area contributed by atoms with E-state index in [1.54, 1.807) is 0 Å². The quantitative estimate of drug-likeness (QED) is 0.517. The van der Waals surface area contributed by atoms with Crippen LogP contribution in [0.15, 0.2) is 29.3 Å². The van der Waals surface area contributed by atoms with Crippen molar-refractivity contribution < 1.29 is 34.8 Å². The molecule has 3 rings (SSSR count). The minimum absolute atomic E-state index is 0.0345. The summed E-state index contributed by atoms with van der Waals surface area (Å²) >= 11 is 0. The number of ether oxygens (including phenoxy) is 1. The van der Waals surface area contributed by atoms with Crippen molar-refractivity contribution in [2.45, 2.75) is 30.8 Å². The van der Waals surface area contributed by atoms with Crippen LogP contribution in [0.25, 0.3) is 0 Å². The number of fused-ring (bicyclic) bond motifs is 1. The molecule has 122 valence electrons. The molecule has 0 saturated carbocycles. The first kappa shape index (κ1) is 15.8. The van der Waals surface area contributed by atoms with Crippen LogP contribution in [0.5, 0.6) is 5.75 Å². The van der Waals surface area contributed by atoms with Gasteiger partial charge in [0.2, 0.25) is 5.79 Å². The Balaban J connectivity index is 2.26. The number of rotatable bonds is 1. The molecule has 2 aliphatic rings. The molecule has 0 radical (unpaired) electrons. The largest absolute Gasteiger partial charge is 0.497 e. The summed E-state index contributed by atoms with van der Waals surface area (Å²) in [6, 6.07) is 4.25. The van der Waals surface area contributed by atoms with Crippen molar-refractivity contribution in [3.05, 3.63) is 40.5 Å². The lowest BCUT2D eigenvalue weighted by Gasteiger charge is -2.46. The number of Topliss-reactive ketones (excluding diaryl/α,β-unsaturated/α-hetero) is 2. The number of aliphatic hydroxyl groups excluding tert-OH is 1. The zero-order valence-electron chi connectivity index (χ0n) is 12.5. The number of benzene rings is 1. The Kier molecular flexibility index (Phi) is 3.24. The van der Waals surface area contributed by atoms with Crippen LogP contribution in [0, 0.1) is 0 Å². The predicted octanol–water partition coefficient (Wildman–Crippen LogP) is -0.433. The Hall–Kier alpha value is -2.06. The molecule has 7 heteroatoms. The van der Waals surface area contributed by atoms with Gasteiger partial charge in [-0.1, -0.05) is 0 Å². The van der Waals surface area contributed by atoms with Crippen LogP contribution in [0.3, 0.4) is 0 Å². The van der Waals surface area contributed by atoms with Gasteiger partial charge < -0.3 is 25.2 Å². The van der Waals surface area contributed by atoms with Gasteiger partial charge in [0.05, 0.1) is 18.8 Å². The van der Waals surface area contributed by atoms with E-state index in [0.717, 1.165) is 6.92 Å². The minimum atomic E-state index is -3.05. The van der Waals surface area contributed by atoms with E-state index in [9.17, 15) is 30.0 Å². The molecule has 2 unspecified atom stereocenters. The normalized spacial score (nSPS) is 29.2. The number of carbonyl (C=O) groups is 2. The zero-order valence-corrected chi connectivity index (χ0v) is 12.5. The topological polar surface area (TPSA) is 124 Å². The molecule has 7 nitrogen and oxygen atoms in total. The lowest BCUT2D eigenvalue weighted by Crippen LogP contribution is -2.65. The molecule has 0 spiro atoms. The minimum Gasteiger partial charge on any atom is -0.497 e. The van der Waals surface area contributed by atoms with Crippen molar-refractivity contribution in [1.29, 1.82) is 0 Å². The van der Waals surface area contributed by atoms with Crippen molar-refractivity contribution in [2.24, 2.45) is 0 Å². The van der Waals surface area contributed by atoms with E-state index in [2.05, 4.69) is 0 Å². The average molecular weight is 320 g/mol.